The van der Waals surface area contributed by atoms with Crippen LogP contribution in [0.15, 0.2) is 18.2 Å². The number of nitrogens with one attached hydrogen (secondary N) is 1. The van der Waals surface area contributed by atoms with Gasteiger partial charge in [0.15, 0.2) is 10.4 Å². The van der Waals surface area contributed by atoms with E-state index in [0.717, 1.165) is 16.9 Å². The summed E-state index contributed by atoms with van der Waals surface area (Å²) < 4.78 is 23.3. The first-order valence-corrected chi connectivity index (χ1v) is 6.99. The van der Waals surface area contributed by atoms with Gasteiger partial charge in [-0.1, -0.05) is 0 Å². The van der Waals surface area contributed by atoms with E-state index < -0.39 is 0 Å². The number of hydrogen-bond donors (Lipinski definition) is 1. The highest BCUT2D eigenvalue weighted by atomic mass is 32.1. The summed E-state index contributed by atoms with van der Waals surface area (Å²) in [6.07, 6.45) is 0. The Bertz CT molecular complexity index is 877. The predicted molar refractivity (Wildman–Crippen MR) is 81.2 cm³/mol. The molecule has 0 radical (unpaired) electrons. The maximum atomic E-state index is 14.3. The Labute approximate surface area is 126 Å². The molecule has 21 heavy (non-hydrogen) atoms. The number of nitrogens with zero attached hydrogens (tertiary/aromatic N) is 3. The number of benzene rings is 1. The molecule has 0 aliphatic rings. The second-order valence-corrected chi connectivity index (χ2v) is 5.07. The summed E-state index contributed by atoms with van der Waals surface area (Å²) in [4.78, 5) is 3.10. The largest absolute Gasteiger partial charge is 0.497 e. The first-order chi connectivity index (χ1) is 10.1. The normalized spacial score (nSPS) is 11.2. The van der Waals surface area contributed by atoms with Gasteiger partial charge in [-0.05, 0) is 38.2 Å². The maximum absolute atomic E-state index is 14.3. The van der Waals surface area contributed by atoms with Crippen LogP contribution in [-0.2, 0) is 6.54 Å². The van der Waals surface area contributed by atoms with Crippen LogP contribution in [-0.4, -0.2) is 26.4 Å². The van der Waals surface area contributed by atoms with Crippen LogP contribution in [0.25, 0.3) is 16.9 Å². The van der Waals surface area contributed by atoms with Crippen LogP contribution in [0.3, 0.4) is 0 Å². The molecule has 0 bridgehead atoms. The van der Waals surface area contributed by atoms with Crippen molar-refractivity contribution in [2.24, 2.45) is 0 Å². The van der Waals surface area contributed by atoms with Crippen molar-refractivity contribution in [2.45, 2.75) is 20.4 Å². The lowest BCUT2D eigenvalue weighted by Crippen LogP contribution is -2.05. The molecule has 0 aliphatic heterocycles. The van der Waals surface area contributed by atoms with E-state index >= 15 is 0 Å². The predicted octanol–water partition coefficient (Wildman–Crippen LogP) is 3.36. The topological polar surface area (TPSA) is 47.8 Å². The fraction of sp³-hybridized carbons (Fsp3) is 0.286. The van der Waals surface area contributed by atoms with Crippen molar-refractivity contribution < 1.29 is 9.13 Å². The molecule has 2 aromatic heterocycles. The summed E-state index contributed by atoms with van der Waals surface area (Å²) in [6, 6.07) is 4.57. The zero-order chi connectivity index (χ0) is 15.1. The second-order valence-electron chi connectivity index (χ2n) is 4.68. The van der Waals surface area contributed by atoms with Crippen LogP contribution in [0.4, 0.5) is 4.39 Å². The van der Waals surface area contributed by atoms with Gasteiger partial charge in [-0.3, -0.25) is 4.57 Å². The van der Waals surface area contributed by atoms with E-state index in [0.29, 0.717) is 22.8 Å². The van der Waals surface area contributed by atoms with Gasteiger partial charge < -0.3 is 9.72 Å². The minimum atomic E-state index is -0.366. The van der Waals surface area contributed by atoms with Crippen LogP contribution < -0.4 is 4.74 Å². The third-order valence-corrected chi connectivity index (χ3v) is 3.73. The van der Waals surface area contributed by atoms with E-state index in [9.17, 15) is 4.39 Å². The minimum Gasteiger partial charge on any atom is -0.497 e. The molecule has 1 N–H and O–H groups in total. The number of H-pyrrole nitrogens is 1. The molecule has 3 rings (SSSR count). The molecule has 0 aliphatic carbocycles. The van der Waals surface area contributed by atoms with E-state index in [-0.39, 0.29) is 5.82 Å². The molecule has 3 aromatic rings. The molecule has 7 heteroatoms. The second kappa shape index (κ2) is 5.00. The van der Waals surface area contributed by atoms with Crippen LogP contribution in [0, 0.1) is 17.5 Å². The molecule has 0 amide bonds. The highest BCUT2D eigenvalue weighted by Gasteiger charge is 2.17. The lowest BCUT2D eigenvalue weighted by Gasteiger charge is -2.09. The van der Waals surface area contributed by atoms with Gasteiger partial charge in [-0.25, -0.2) is 9.07 Å². The number of halogens is 1. The molecular formula is C14H15FN4OS. The Kier molecular flexibility index (Phi) is 3.29. The van der Waals surface area contributed by atoms with Gasteiger partial charge >= 0.3 is 0 Å². The summed E-state index contributed by atoms with van der Waals surface area (Å²) >= 11 is 5.35. The number of aryl methyl sites for hydroxylation is 2. The summed E-state index contributed by atoms with van der Waals surface area (Å²) in [6.45, 7) is 4.54. The monoisotopic (exact) mass is 306 g/mol. The average molecular weight is 306 g/mol. The van der Waals surface area contributed by atoms with E-state index in [1.807, 2.05) is 13.8 Å². The van der Waals surface area contributed by atoms with Gasteiger partial charge in [-0.15, -0.1) is 0 Å². The van der Waals surface area contributed by atoms with Crippen LogP contribution in [0.2, 0.25) is 0 Å². The Morgan fingerprint density at radius 1 is 1.43 bits per heavy atom. The summed E-state index contributed by atoms with van der Waals surface area (Å²) in [5, 5.41) is 4.43. The van der Waals surface area contributed by atoms with Gasteiger partial charge in [0, 0.05) is 12.6 Å². The highest BCUT2D eigenvalue weighted by molar-refractivity contribution is 7.71. The van der Waals surface area contributed by atoms with Crippen molar-refractivity contribution in [1.82, 2.24) is 19.3 Å². The molecule has 0 atom stereocenters. The first-order valence-electron chi connectivity index (χ1n) is 6.58. The number of methoxy groups -OCH3 is 1. The summed E-state index contributed by atoms with van der Waals surface area (Å²) in [7, 11) is 1.55. The van der Waals surface area contributed by atoms with Gasteiger partial charge in [0.05, 0.1) is 18.5 Å². The Morgan fingerprint density at radius 2 is 2.19 bits per heavy atom. The summed E-state index contributed by atoms with van der Waals surface area (Å²) in [5.41, 5.74) is 2.76. The Hall–Kier alpha value is -2.15. The van der Waals surface area contributed by atoms with Gasteiger partial charge in [0.2, 0.25) is 0 Å². The fourth-order valence-electron chi connectivity index (χ4n) is 2.44. The molecule has 0 saturated heterocycles. The smallest absolute Gasteiger partial charge is 0.184 e. The van der Waals surface area contributed by atoms with Crippen LogP contribution in [0.1, 0.15) is 12.6 Å². The van der Waals surface area contributed by atoms with Crippen molar-refractivity contribution in [1.29, 1.82) is 0 Å². The molecule has 2 heterocycles. The van der Waals surface area contributed by atoms with E-state index in [1.165, 1.54) is 6.07 Å². The van der Waals surface area contributed by atoms with Gasteiger partial charge in [0.25, 0.3) is 0 Å². The van der Waals surface area contributed by atoms with Crippen LogP contribution >= 0.6 is 12.2 Å². The Balaban J connectivity index is 2.39. The third-order valence-electron chi connectivity index (χ3n) is 3.44. The Morgan fingerprint density at radius 3 is 2.86 bits per heavy atom. The van der Waals surface area contributed by atoms with E-state index in [1.54, 1.807) is 28.5 Å². The molecule has 1 aromatic carbocycles. The summed E-state index contributed by atoms with van der Waals surface area (Å²) in [5.74, 6) is 0.205. The van der Waals surface area contributed by atoms with Gasteiger partial charge in [0.1, 0.15) is 17.1 Å². The number of aromatic nitrogens is 4. The minimum absolute atomic E-state index is 0.347. The number of rotatable bonds is 3. The molecular weight excluding hydrogens is 291 g/mol. The number of aromatic amines is 1. The number of imidazole rings is 1. The standard InChI is InChI=1S/C14H15FN4OS/c1-4-18-13-12(8(2)17-18)16-14(21)19(13)11-7-9(20-3)5-6-10(11)15/h5-7H,4H2,1-3H3,(H,16,21). The number of ether oxygens (including phenoxy) is 1. The first kappa shape index (κ1) is 13.8. The SMILES string of the molecule is CCn1nc(C)c2[nH]c(=S)n(-c3cc(OC)ccc3F)c21. The maximum Gasteiger partial charge on any atom is 0.184 e. The zero-order valence-electron chi connectivity index (χ0n) is 12.0. The van der Waals surface area contributed by atoms with E-state index in [4.69, 9.17) is 17.0 Å². The van der Waals surface area contributed by atoms with Gasteiger partial charge in [-0.2, -0.15) is 5.10 Å². The number of hydrogen-bond acceptors (Lipinski definition) is 3. The molecule has 0 unspecified atom stereocenters. The molecule has 0 fully saturated rings. The van der Waals surface area contributed by atoms with Crippen LogP contribution in [0.5, 0.6) is 5.75 Å². The third kappa shape index (κ3) is 2.04. The number of fused-ring (bicyclic) bond motifs is 1. The molecule has 0 spiro atoms. The molecule has 0 saturated carbocycles. The molecule has 110 valence electrons. The lowest BCUT2D eigenvalue weighted by atomic mass is 10.3. The quantitative estimate of drug-likeness (QED) is 0.755. The van der Waals surface area contributed by atoms with E-state index in [2.05, 4.69) is 10.1 Å². The lowest BCUT2D eigenvalue weighted by molar-refractivity contribution is 0.413. The van der Waals surface area contributed by atoms with Crippen molar-refractivity contribution in [3.8, 4) is 11.4 Å². The highest BCUT2D eigenvalue weighted by Crippen LogP contribution is 2.26. The van der Waals surface area contributed by atoms with Crippen molar-refractivity contribution in [3.05, 3.63) is 34.5 Å². The molecule has 5 nitrogen and oxygen atoms in total. The van der Waals surface area contributed by atoms with Crippen molar-refractivity contribution in [3.63, 3.8) is 0 Å². The van der Waals surface area contributed by atoms with Crippen molar-refractivity contribution >= 4 is 23.4 Å². The fourth-order valence-corrected chi connectivity index (χ4v) is 2.72. The van der Waals surface area contributed by atoms with Crippen molar-refractivity contribution in [2.75, 3.05) is 7.11 Å². The average Bonchev–Trinajstić information content (AvgIpc) is 2.96. The zero-order valence-corrected chi connectivity index (χ0v) is 12.8.